The first-order valence-corrected chi connectivity index (χ1v) is 13.8. The molecule has 0 aromatic rings. The second kappa shape index (κ2) is 16.2. The van der Waals surface area contributed by atoms with Crippen molar-refractivity contribution in [1.29, 1.82) is 0 Å². The average Bonchev–Trinajstić information content (AvgIpc) is 2.49. The molecule has 0 heterocycles. The van der Waals surface area contributed by atoms with Crippen LogP contribution in [0.4, 0.5) is 0 Å². The fraction of sp³-hybridized carbons (Fsp3) is 1.00. The molecule has 0 fully saturated rings. The molecule has 0 saturated heterocycles. The van der Waals surface area contributed by atoms with E-state index in [9.17, 15) is 0 Å². The van der Waals surface area contributed by atoms with Crippen LogP contribution in [0.15, 0.2) is 0 Å². The Bertz CT molecular complexity index is 250. The lowest BCUT2D eigenvalue weighted by Gasteiger charge is -2.15. The van der Waals surface area contributed by atoms with Crippen LogP contribution in [0, 0.1) is 0 Å². The fourth-order valence-corrected chi connectivity index (χ4v) is 4.10. The third-order valence-corrected chi connectivity index (χ3v) is 6.14. The van der Waals surface area contributed by atoms with E-state index in [1.165, 1.54) is 51.4 Å². The highest BCUT2D eigenvalue weighted by atomic mass is 35.7. The quantitative estimate of drug-likeness (QED) is 0.131. The highest BCUT2D eigenvalue weighted by Crippen LogP contribution is 2.23. The summed E-state index contributed by atoms with van der Waals surface area (Å²) in [5, 5.41) is 0. The molecule has 0 N–H and O–H groups in total. The minimum Gasteiger partial charge on any atom is -0.376 e. The maximum atomic E-state index is 6.09. The SMILES string of the molecule is CCOC(COCCCCCCCCCCC[Si](C)(Cl)Cl)OC. The van der Waals surface area contributed by atoms with Crippen molar-refractivity contribution >= 4 is 28.9 Å². The molecule has 140 valence electrons. The van der Waals surface area contributed by atoms with Gasteiger partial charge in [-0.1, -0.05) is 51.4 Å². The van der Waals surface area contributed by atoms with E-state index in [1.54, 1.807) is 7.11 Å². The molecule has 0 aliphatic heterocycles. The topological polar surface area (TPSA) is 27.7 Å². The van der Waals surface area contributed by atoms with Gasteiger partial charge in [0.05, 0.1) is 6.61 Å². The summed E-state index contributed by atoms with van der Waals surface area (Å²) in [4.78, 5) is 0. The summed E-state index contributed by atoms with van der Waals surface area (Å²) in [7, 11) is 1.65. The van der Waals surface area contributed by atoms with E-state index in [4.69, 9.17) is 36.4 Å². The van der Waals surface area contributed by atoms with Crippen LogP contribution < -0.4 is 0 Å². The Kier molecular flexibility index (Phi) is 16.6. The first kappa shape index (κ1) is 23.7. The fourth-order valence-electron chi connectivity index (χ4n) is 2.43. The van der Waals surface area contributed by atoms with E-state index >= 15 is 0 Å². The zero-order chi connectivity index (χ0) is 17.4. The molecule has 0 amide bonds. The second-order valence-corrected chi connectivity index (χ2v) is 14.4. The van der Waals surface area contributed by atoms with E-state index in [0.29, 0.717) is 13.2 Å². The lowest BCUT2D eigenvalue weighted by atomic mass is 10.1. The van der Waals surface area contributed by atoms with Crippen molar-refractivity contribution < 1.29 is 14.2 Å². The molecule has 0 aromatic heterocycles. The van der Waals surface area contributed by atoms with Gasteiger partial charge in [0.2, 0.25) is 6.69 Å². The number of unbranched alkanes of at least 4 members (excludes halogenated alkanes) is 8. The van der Waals surface area contributed by atoms with Gasteiger partial charge in [-0.2, -0.15) is 0 Å². The Morgan fingerprint density at radius 2 is 1.39 bits per heavy atom. The van der Waals surface area contributed by atoms with Crippen molar-refractivity contribution in [3.05, 3.63) is 0 Å². The average molecular weight is 387 g/mol. The molecule has 23 heavy (non-hydrogen) atoms. The molecule has 0 radical (unpaired) electrons. The van der Waals surface area contributed by atoms with Crippen LogP contribution in [0.1, 0.15) is 64.7 Å². The van der Waals surface area contributed by atoms with Crippen LogP contribution in [0.25, 0.3) is 0 Å². The Morgan fingerprint density at radius 3 is 1.87 bits per heavy atom. The molecule has 1 unspecified atom stereocenters. The number of halogens is 2. The highest BCUT2D eigenvalue weighted by Gasteiger charge is 2.19. The van der Waals surface area contributed by atoms with E-state index in [0.717, 1.165) is 19.1 Å². The van der Waals surface area contributed by atoms with Gasteiger partial charge in [0.15, 0.2) is 6.29 Å². The summed E-state index contributed by atoms with van der Waals surface area (Å²) in [5.41, 5.74) is 0. The first-order chi connectivity index (χ1) is 11.0. The Hall–Kier alpha value is 0.677. The van der Waals surface area contributed by atoms with Crippen molar-refractivity contribution in [3.63, 3.8) is 0 Å². The smallest absolute Gasteiger partial charge is 0.248 e. The van der Waals surface area contributed by atoms with Gasteiger partial charge in [-0.3, -0.25) is 0 Å². The number of hydrogen-bond acceptors (Lipinski definition) is 3. The van der Waals surface area contributed by atoms with Crippen molar-refractivity contribution in [2.24, 2.45) is 0 Å². The summed E-state index contributed by atoms with van der Waals surface area (Å²) in [5.74, 6) is 0. The third kappa shape index (κ3) is 18.9. The maximum absolute atomic E-state index is 6.09. The van der Waals surface area contributed by atoms with E-state index in [2.05, 4.69) is 0 Å². The summed E-state index contributed by atoms with van der Waals surface area (Å²) >= 11 is 12.2. The Labute approximate surface area is 153 Å². The Morgan fingerprint density at radius 1 is 0.870 bits per heavy atom. The van der Waals surface area contributed by atoms with Crippen molar-refractivity contribution in [2.75, 3.05) is 26.9 Å². The van der Waals surface area contributed by atoms with Gasteiger partial charge in [0.1, 0.15) is 0 Å². The van der Waals surface area contributed by atoms with Crippen molar-refractivity contribution in [3.8, 4) is 0 Å². The van der Waals surface area contributed by atoms with Gasteiger partial charge in [-0.15, -0.1) is 22.2 Å². The van der Waals surface area contributed by atoms with Crippen LogP contribution in [-0.2, 0) is 14.2 Å². The number of methoxy groups -OCH3 is 1. The summed E-state index contributed by atoms with van der Waals surface area (Å²) in [6.45, 7) is 4.09. The van der Waals surface area contributed by atoms with E-state index < -0.39 is 6.69 Å². The van der Waals surface area contributed by atoms with Crippen LogP contribution in [-0.4, -0.2) is 39.9 Å². The summed E-state index contributed by atoms with van der Waals surface area (Å²) < 4.78 is 16.1. The largest absolute Gasteiger partial charge is 0.376 e. The van der Waals surface area contributed by atoms with Gasteiger partial charge < -0.3 is 14.2 Å². The molecular weight excluding hydrogens is 351 g/mol. The molecule has 0 aromatic carbocycles. The van der Waals surface area contributed by atoms with E-state index in [1.807, 2.05) is 13.5 Å². The monoisotopic (exact) mass is 386 g/mol. The van der Waals surface area contributed by atoms with Crippen molar-refractivity contribution in [1.82, 2.24) is 0 Å². The van der Waals surface area contributed by atoms with Crippen LogP contribution in [0.2, 0.25) is 12.6 Å². The van der Waals surface area contributed by atoms with Crippen molar-refractivity contribution in [2.45, 2.75) is 83.6 Å². The Balaban J connectivity index is 3.16. The molecule has 1 atom stereocenters. The van der Waals surface area contributed by atoms with Gasteiger partial charge in [-0.25, -0.2) is 0 Å². The predicted molar refractivity (Wildman–Crippen MR) is 103 cm³/mol. The van der Waals surface area contributed by atoms with Crippen LogP contribution in [0.3, 0.4) is 0 Å². The molecule has 6 heteroatoms. The standard InChI is InChI=1S/C17H36Cl2O3Si/c1-4-22-17(20-2)16-21-14-12-10-8-6-5-7-9-11-13-15-23(3,18)19/h17H,4-16H2,1-3H3. The number of ether oxygens (including phenoxy) is 3. The minimum absolute atomic E-state index is 0.224. The zero-order valence-electron chi connectivity index (χ0n) is 15.3. The molecular formula is C17H36Cl2O3Si. The lowest BCUT2D eigenvalue weighted by molar-refractivity contribution is -0.154. The lowest BCUT2D eigenvalue weighted by Crippen LogP contribution is -2.22. The van der Waals surface area contributed by atoms with Gasteiger partial charge in [-0.05, 0) is 25.9 Å². The molecule has 0 saturated carbocycles. The zero-order valence-corrected chi connectivity index (χ0v) is 17.8. The molecule has 0 aliphatic carbocycles. The van der Waals surface area contributed by atoms with E-state index in [-0.39, 0.29) is 6.29 Å². The summed E-state index contributed by atoms with van der Waals surface area (Å²) in [6.07, 6.45) is 11.2. The molecule has 0 bridgehead atoms. The van der Waals surface area contributed by atoms with Gasteiger partial charge in [0, 0.05) is 20.3 Å². The molecule has 3 nitrogen and oxygen atoms in total. The number of hydrogen-bond donors (Lipinski definition) is 0. The van der Waals surface area contributed by atoms with Gasteiger partial charge >= 0.3 is 0 Å². The first-order valence-electron chi connectivity index (χ1n) is 9.09. The minimum atomic E-state index is -1.85. The number of rotatable bonds is 17. The molecule has 0 aliphatic rings. The molecule has 0 rings (SSSR count). The summed E-state index contributed by atoms with van der Waals surface area (Å²) in [6, 6.07) is 1.03. The highest BCUT2D eigenvalue weighted by molar-refractivity contribution is 7.44. The maximum Gasteiger partial charge on any atom is 0.248 e. The van der Waals surface area contributed by atoms with Crippen LogP contribution in [0.5, 0.6) is 0 Å². The van der Waals surface area contributed by atoms with Gasteiger partial charge in [0.25, 0.3) is 0 Å². The molecule has 0 spiro atoms. The normalized spacial score (nSPS) is 13.4. The predicted octanol–water partition coefficient (Wildman–Crippen LogP) is 6.07. The second-order valence-electron chi connectivity index (χ2n) is 6.20. The van der Waals surface area contributed by atoms with Crippen LogP contribution >= 0.6 is 22.2 Å². The third-order valence-electron chi connectivity index (χ3n) is 3.77.